The first-order valence-electron chi connectivity index (χ1n) is 6.79. The zero-order valence-corrected chi connectivity index (χ0v) is 11.2. The second-order valence-electron chi connectivity index (χ2n) is 5.21. The van der Waals surface area contributed by atoms with Crippen molar-refractivity contribution in [2.24, 2.45) is 5.92 Å². The van der Waals surface area contributed by atoms with E-state index < -0.39 is 0 Å². The molecule has 1 fully saturated rings. The van der Waals surface area contributed by atoms with Crippen molar-refractivity contribution in [1.82, 2.24) is 5.32 Å². The quantitative estimate of drug-likeness (QED) is 0.857. The minimum Gasteiger partial charge on any atom is -0.371 e. The van der Waals surface area contributed by atoms with Gasteiger partial charge in [-0.05, 0) is 43.5 Å². The summed E-state index contributed by atoms with van der Waals surface area (Å²) in [6.45, 7) is 10.1. The molecule has 0 aromatic heterocycles. The molecule has 1 heterocycles. The van der Waals surface area contributed by atoms with Gasteiger partial charge in [0.05, 0.1) is 0 Å². The summed E-state index contributed by atoms with van der Waals surface area (Å²) in [6.07, 6.45) is 1.33. The molecule has 2 rings (SSSR count). The minimum atomic E-state index is 0.451. The van der Waals surface area contributed by atoms with E-state index in [1.165, 1.54) is 30.8 Å². The van der Waals surface area contributed by atoms with Crippen LogP contribution in [-0.2, 0) is 0 Å². The average molecular weight is 232 g/mol. The van der Waals surface area contributed by atoms with Crippen LogP contribution in [0.2, 0.25) is 0 Å². The summed E-state index contributed by atoms with van der Waals surface area (Å²) in [6, 6.07) is 9.49. The highest BCUT2D eigenvalue weighted by Crippen LogP contribution is 2.24. The number of benzene rings is 1. The van der Waals surface area contributed by atoms with Crippen LogP contribution in [0.25, 0.3) is 0 Å². The standard InChI is InChI=1S/C15H24N2/c1-4-16-13(3)14-5-7-15(8-6-14)17-10-9-12(2)11-17/h5-8,12-13,16H,4,9-11H2,1-3H3. The van der Waals surface area contributed by atoms with E-state index in [0.717, 1.165) is 12.5 Å². The molecule has 1 aromatic rings. The molecule has 1 aromatic carbocycles. The van der Waals surface area contributed by atoms with Gasteiger partial charge in [-0.15, -0.1) is 0 Å². The Bertz CT molecular complexity index is 344. The van der Waals surface area contributed by atoms with Gasteiger partial charge in [0.2, 0.25) is 0 Å². The van der Waals surface area contributed by atoms with Crippen molar-refractivity contribution in [3.8, 4) is 0 Å². The highest BCUT2D eigenvalue weighted by Gasteiger charge is 2.18. The Balaban J connectivity index is 2.02. The Labute approximate surface area is 105 Å². The molecule has 1 aliphatic rings. The number of hydrogen-bond donors (Lipinski definition) is 1. The fourth-order valence-electron chi connectivity index (χ4n) is 2.57. The van der Waals surface area contributed by atoms with Crippen LogP contribution in [0.5, 0.6) is 0 Å². The van der Waals surface area contributed by atoms with Crippen molar-refractivity contribution >= 4 is 5.69 Å². The average Bonchev–Trinajstić information content (AvgIpc) is 2.76. The van der Waals surface area contributed by atoms with Gasteiger partial charge in [-0.25, -0.2) is 0 Å². The van der Waals surface area contributed by atoms with E-state index >= 15 is 0 Å². The van der Waals surface area contributed by atoms with Gasteiger partial charge < -0.3 is 10.2 Å². The van der Waals surface area contributed by atoms with Gasteiger partial charge in [-0.1, -0.05) is 26.0 Å². The topological polar surface area (TPSA) is 15.3 Å². The summed E-state index contributed by atoms with van der Waals surface area (Å²) in [5.41, 5.74) is 2.75. The number of anilines is 1. The number of rotatable bonds is 4. The summed E-state index contributed by atoms with van der Waals surface area (Å²) >= 11 is 0. The summed E-state index contributed by atoms with van der Waals surface area (Å²) < 4.78 is 0. The molecule has 2 nitrogen and oxygen atoms in total. The molecular formula is C15H24N2. The van der Waals surface area contributed by atoms with Gasteiger partial charge in [0.1, 0.15) is 0 Å². The summed E-state index contributed by atoms with van der Waals surface area (Å²) in [5.74, 6) is 0.843. The van der Waals surface area contributed by atoms with Crippen LogP contribution in [0.4, 0.5) is 5.69 Å². The van der Waals surface area contributed by atoms with Crippen molar-refractivity contribution in [3.63, 3.8) is 0 Å². The lowest BCUT2D eigenvalue weighted by Crippen LogP contribution is -2.20. The van der Waals surface area contributed by atoms with Crippen LogP contribution < -0.4 is 10.2 Å². The van der Waals surface area contributed by atoms with E-state index in [9.17, 15) is 0 Å². The van der Waals surface area contributed by atoms with Crippen LogP contribution in [0, 0.1) is 5.92 Å². The van der Waals surface area contributed by atoms with E-state index in [1.54, 1.807) is 0 Å². The zero-order chi connectivity index (χ0) is 12.3. The van der Waals surface area contributed by atoms with Crippen molar-refractivity contribution < 1.29 is 0 Å². The third-order valence-electron chi connectivity index (χ3n) is 3.69. The fourth-order valence-corrected chi connectivity index (χ4v) is 2.57. The highest BCUT2D eigenvalue weighted by atomic mass is 15.1. The maximum atomic E-state index is 3.44. The normalized spacial score (nSPS) is 21.8. The lowest BCUT2D eigenvalue weighted by Gasteiger charge is -2.19. The summed E-state index contributed by atoms with van der Waals surface area (Å²) in [5, 5.41) is 3.44. The predicted octanol–water partition coefficient (Wildman–Crippen LogP) is 3.20. The SMILES string of the molecule is CCNC(C)c1ccc(N2CCC(C)C2)cc1. The Morgan fingerprint density at radius 3 is 2.59 bits per heavy atom. The van der Waals surface area contributed by atoms with Gasteiger partial charge >= 0.3 is 0 Å². The van der Waals surface area contributed by atoms with E-state index in [-0.39, 0.29) is 0 Å². The molecule has 0 spiro atoms. The second kappa shape index (κ2) is 5.54. The number of nitrogens with one attached hydrogen (secondary N) is 1. The van der Waals surface area contributed by atoms with Crippen LogP contribution in [0.3, 0.4) is 0 Å². The predicted molar refractivity (Wildman–Crippen MR) is 74.5 cm³/mol. The summed E-state index contributed by atoms with van der Waals surface area (Å²) in [4.78, 5) is 2.49. The first-order chi connectivity index (χ1) is 8.20. The van der Waals surface area contributed by atoms with E-state index in [0.29, 0.717) is 6.04 Å². The van der Waals surface area contributed by atoms with Crippen molar-refractivity contribution in [1.29, 1.82) is 0 Å². The molecule has 0 bridgehead atoms. The zero-order valence-electron chi connectivity index (χ0n) is 11.2. The Kier molecular flexibility index (Phi) is 4.06. The van der Waals surface area contributed by atoms with Gasteiger partial charge in [0.15, 0.2) is 0 Å². The smallest absolute Gasteiger partial charge is 0.0366 e. The van der Waals surface area contributed by atoms with Gasteiger partial charge in [-0.2, -0.15) is 0 Å². The third kappa shape index (κ3) is 3.01. The number of hydrogen-bond acceptors (Lipinski definition) is 2. The molecule has 2 heteroatoms. The molecule has 0 saturated carbocycles. The van der Waals surface area contributed by atoms with Crippen LogP contribution in [0.15, 0.2) is 24.3 Å². The third-order valence-corrected chi connectivity index (χ3v) is 3.69. The van der Waals surface area contributed by atoms with Crippen molar-refractivity contribution in [2.75, 3.05) is 24.5 Å². The first-order valence-corrected chi connectivity index (χ1v) is 6.79. The molecule has 2 atom stereocenters. The van der Waals surface area contributed by atoms with Crippen LogP contribution in [-0.4, -0.2) is 19.6 Å². The fraction of sp³-hybridized carbons (Fsp3) is 0.600. The number of nitrogens with zero attached hydrogens (tertiary/aromatic N) is 1. The van der Waals surface area contributed by atoms with E-state index in [2.05, 4.69) is 55.3 Å². The minimum absolute atomic E-state index is 0.451. The monoisotopic (exact) mass is 232 g/mol. The van der Waals surface area contributed by atoms with E-state index in [4.69, 9.17) is 0 Å². The second-order valence-corrected chi connectivity index (χ2v) is 5.21. The van der Waals surface area contributed by atoms with E-state index in [1.807, 2.05) is 0 Å². The molecule has 94 valence electrons. The molecule has 0 amide bonds. The molecule has 1 aliphatic heterocycles. The maximum absolute atomic E-state index is 3.44. The first kappa shape index (κ1) is 12.4. The molecule has 2 unspecified atom stereocenters. The van der Waals surface area contributed by atoms with Gasteiger partial charge in [0, 0.05) is 24.8 Å². The van der Waals surface area contributed by atoms with Crippen molar-refractivity contribution in [3.05, 3.63) is 29.8 Å². The Morgan fingerprint density at radius 1 is 1.35 bits per heavy atom. The highest BCUT2D eigenvalue weighted by molar-refractivity contribution is 5.48. The molecule has 17 heavy (non-hydrogen) atoms. The van der Waals surface area contributed by atoms with Crippen LogP contribution in [0.1, 0.15) is 38.8 Å². The molecule has 1 N–H and O–H groups in total. The molecular weight excluding hydrogens is 208 g/mol. The Hall–Kier alpha value is -1.02. The lowest BCUT2D eigenvalue weighted by atomic mass is 10.1. The maximum Gasteiger partial charge on any atom is 0.0366 e. The van der Waals surface area contributed by atoms with Crippen LogP contribution >= 0.6 is 0 Å². The van der Waals surface area contributed by atoms with Gasteiger partial charge in [-0.3, -0.25) is 0 Å². The summed E-state index contributed by atoms with van der Waals surface area (Å²) in [7, 11) is 0. The molecule has 1 saturated heterocycles. The Morgan fingerprint density at radius 2 is 2.06 bits per heavy atom. The molecule has 0 aliphatic carbocycles. The lowest BCUT2D eigenvalue weighted by molar-refractivity contribution is 0.598. The van der Waals surface area contributed by atoms with Crippen molar-refractivity contribution in [2.45, 2.75) is 33.2 Å². The largest absolute Gasteiger partial charge is 0.371 e. The molecule has 0 radical (unpaired) electrons. The van der Waals surface area contributed by atoms with Gasteiger partial charge in [0.25, 0.3) is 0 Å².